The van der Waals surface area contributed by atoms with E-state index in [1.807, 2.05) is 0 Å². The summed E-state index contributed by atoms with van der Waals surface area (Å²) in [6.07, 6.45) is -5.61. The van der Waals surface area contributed by atoms with Crippen molar-refractivity contribution < 1.29 is 208 Å². The molecule has 0 bridgehead atoms. The van der Waals surface area contributed by atoms with E-state index in [1.165, 1.54) is 56.1 Å². The summed E-state index contributed by atoms with van der Waals surface area (Å²) in [5.74, 6) is 0. The number of aliphatic hydroxyl groups is 4. The standard InChI is InChI=1S/4C5H10O4.CH4.4Y/c4*1-4(6)3-9-5(7)8-2;;;;;/h4*4,6H,3H2,1-2H3;1H4;;;;. The van der Waals surface area contributed by atoms with E-state index in [2.05, 4.69) is 37.9 Å². The third kappa shape index (κ3) is 74.3. The molecule has 4 atom stereocenters. The van der Waals surface area contributed by atoms with Gasteiger partial charge in [0.2, 0.25) is 0 Å². The quantitative estimate of drug-likeness (QED) is 0.199. The molecule has 41 heavy (non-hydrogen) atoms. The topological polar surface area (TPSA) is 223 Å². The summed E-state index contributed by atoms with van der Waals surface area (Å²) < 4.78 is 33.9. The van der Waals surface area contributed by atoms with Gasteiger partial charge in [-0.2, -0.15) is 0 Å². The van der Waals surface area contributed by atoms with Crippen molar-refractivity contribution in [2.75, 3.05) is 54.9 Å². The van der Waals surface area contributed by atoms with Crippen LogP contribution in [0.2, 0.25) is 0 Å². The molecular weight excluding hydrogens is 864 g/mol. The molecule has 0 fully saturated rings. The summed E-state index contributed by atoms with van der Waals surface area (Å²) in [6, 6.07) is 0. The van der Waals surface area contributed by atoms with Crippen molar-refractivity contribution in [1.82, 2.24) is 0 Å². The minimum absolute atomic E-state index is 0. The summed E-state index contributed by atoms with van der Waals surface area (Å²) in [5.41, 5.74) is 0. The molecule has 0 rings (SSSR count). The summed E-state index contributed by atoms with van der Waals surface area (Å²) in [5, 5.41) is 34.3. The number of carbonyl (C=O) groups excluding carboxylic acids is 4. The molecule has 16 nitrogen and oxygen atoms in total. The molecular formula is C21H44O16Y4. The zero-order chi connectivity index (χ0) is 29.1. The summed E-state index contributed by atoms with van der Waals surface area (Å²) >= 11 is 0. The van der Waals surface area contributed by atoms with Gasteiger partial charge in [0, 0.05) is 131 Å². The fraction of sp³-hybridized carbons (Fsp3) is 0.810. The first-order valence-electron chi connectivity index (χ1n) is 10.2. The van der Waals surface area contributed by atoms with Crippen LogP contribution < -0.4 is 0 Å². The predicted molar refractivity (Wildman–Crippen MR) is 127 cm³/mol. The molecule has 0 aromatic rings. The van der Waals surface area contributed by atoms with Gasteiger partial charge in [-0.25, -0.2) is 19.2 Å². The van der Waals surface area contributed by atoms with Crippen LogP contribution in [-0.4, -0.2) is 124 Å². The van der Waals surface area contributed by atoms with Gasteiger partial charge in [0.15, 0.2) is 0 Å². The smallest absolute Gasteiger partial charge is 0.438 e. The van der Waals surface area contributed by atoms with E-state index in [-0.39, 0.29) is 165 Å². The number of rotatable bonds is 8. The maximum absolute atomic E-state index is 10.2. The number of aliphatic hydroxyl groups excluding tert-OH is 4. The van der Waals surface area contributed by atoms with Crippen molar-refractivity contribution in [1.29, 1.82) is 0 Å². The number of methoxy groups -OCH3 is 4. The molecule has 0 aliphatic rings. The van der Waals surface area contributed by atoms with Crippen LogP contribution in [-0.2, 0) is 169 Å². The second kappa shape index (κ2) is 48.2. The number of ether oxygens (including phenoxy) is 8. The summed E-state index contributed by atoms with van der Waals surface area (Å²) in [7, 11) is 4.85. The van der Waals surface area contributed by atoms with Crippen molar-refractivity contribution in [2.45, 2.75) is 59.5 Å². The third-order valence-electron chi connectivity index (χ3n) is 2.44. The van der Waals surface area contributed by atoms with Crippen LogP contribution in [0.1, 0.15) is 35.1 Å². The molecule has 4 radical (unpaired) electrons. The Morgan fingerprint density at radius 2 is 0.561 bits per heavy atom. The van der Waals surface area contributed by atoms with Crippen molar-refractivity contribution in [3.63, 3.8) is 0 Å². The van der Waals surface area contributed by atoms with E-state index in [1.54, 1.807) is 0 Å². The Labute approximate surface area is 342 Å². The first kappa shape index (κ1) is 65.1. The molecule has 236 valence electrons. The largest absolute Gasteiger partial charge is 0.508 e. The fourth-order valence-electron chi connectivity index (χ4n) is 0.990. The van der Waals surface area contributed by atoms with E-state index >= 15 is 0 Å². The van der Waals surface area contributed by atoms with E-state index in [9.17, 15) is 19.2 Å². The van der Waals surface area contributed by atoms with Crippen molar-refractivity contribution in [2.24, 2.45) is 0 Å². The van der Waals surface area contributed by atoms with Crippen LogP contribution in [0.25, 0.3) is 0 Å². The number of hydrogen-bond donors (Lipinski definition) is 4. The van der Waals surface area contributed by atoms with Crippen LogP contribution in [0.5, 0.6) is 0 Å². The predicted octanol–water partition coefficient (Wildman–Crippen LogP) is 1.23. The Bertz CT molecular complexity index is 472. The summed E-state index contributed by atoms with van der Waals surface area (Å²) in [4.78, 5) is 40.6. The molecule has 4 N–H and O–H groups in total. The molecule has 0 saturated carbocycles. The van der Waals surface area contributed by atoms with Crippen molar-refractivity contribution in [3.05, 3.63) is 0 Å². The molecule has 0 aromatic carbocycles. The van der Waals surface area contributed by atoms with Gasteiger partial charge in [0.05, 0.1) is 52.9 Å². The van der Waals surface area contributed by atoms with Gasteiger partial charge in [0.25, 0.3) is 0 Å². The molecule has 0 aromatic heterocycles. The van der Waals surface area contributed by atoms with Gasteiger partial charge in [-0.15, -0.1) is 0 Å². The molecule has 4 unspecified atom stereocenters. The van der Waals surface area contributed by atoms with Gasteiger partial charge in [-0.3, -0.25) is 0 Å². The first-order chi connectivity index (χ1) is 16.7. The second-order valence-corrected chi connectivity index (χ2v) is 6.46. The fourth-order valence-corrected chi connectivity index (χ4v) is 0.990. The monoisotopic (exact) mass is 908 g/mol. The van der Waals surface area contributed by atoms with Crippen LogP contribution in [0, 0.1) is 0 Å². The molecule has 0 aliphatic carbocycles. The zero-order valence-corrected chi connectivity index (χ0v) is 35.5. The molecule has 0 heterocycles. The third-order valence-corrected chi connectivity index (χ3v) is 2.44. The molecule has 20 heteroatoms. The normalized spacial score (nSPS) is 10.8. The zero-order valence-electron chi connectivity index (χ0n) is 24.1. The Hall–Kier alpha value is 1.34. The minimum Gasteiger partial charge on any atom is -0.438 e. The van der Waals surface area contributed by atoms with E-state index < -0.39 is 49.0 Å². The van der Waals surface area contributed by atoms with Gasteiger partial charge in [0.1, 0.15) is 26.4 Å². The molecule has 0 amide bonds. The van der Waals surface area contributed by atoms with Gasteiger partial charge in [-0.05, 0) is 27.7 Å². The van der Waals surface area contributed by atoms with Crippen LogP contribution in [0.15, 0.2) is 0 Å². The minimum atomic E-state index is -0.768. The second-order valence-electron chi connectivity index (χ2n) is 6.46. The molecule has 0 aliphatic heterocycles. The number of carbonyl (C=O) groups is 4. The maximum Gasteiger partial charge on any atom is 0.508 e. The average Bonchev–Trinajstić information content (AvgIpc) is 2.83. The van der Waals surface area contributed by atoms with Crippen molar-refractivity contribution >= 4 is 24.6 Å². The Morgan fingerprint density at radius 3 is 0.634 bits per heavy atom. The van der Waals surface area contributed by atoms with Gasteiger partial charge < -0.3 is 58.3 Å². The summed E-state index contributed by atoms with van der Waals surface area (Å²) in [6.45, 7) is 5.98. The van der Waals surface area contributed by atoms with Crippen LogP contribution >= 0.6 is 0 Å². The van der Waals surface area contributed by atoms with Crippen LogP contribution in [0.4, 0.5) is 19.2 Å². The van der Waals surface area contributed by atoms with E-state index in [0.717, 1.165) is 0 Å². The van der Waals surface area contributed by atoms with Gasteiger partial charge >= 0.3 is 24.6 Å². The number of hydrogen-bond acceptors (Lipinski definition) is 16. The molecule has 0 spiro atoms. The van der Waals surface area contributed by atoms with Crippen molar-refractivity contribution in [3.8, 4) is 0 Å². The molecule has 0 saturated heterocycles. The SMILES string of the molecule is C.COC(=O)OCC(C)O.COC(=O)OCC(C)O.COC(=O)OCC(C)O.COC(=O)OCC(C)O.[Y].[Y].[Y].[Y]. The van der Waals surface area contributed by atoms with E-state index in [0.29, 0.717) is 0 Å². The Balaban J connectivity index is -0.0000000457. The van der Waals surface area contributed by atoms with E-state index in [4.69, 9.17) is 20.4 Å². The maximum atomic E-state index is 10.2. The van der Waals surface area contributed by atoms with Crippen LogP contribution in [0.3, 0.4) is 0 Å². The average molecular weight is 908 g/mol. The van der Waals surface area contributed by atoms with Gasteiger partial charge in [-0.1, -0.05) is 7.43 Å². The first-order valence-corrected chi connectivity index (χ1v) is 10.2. The Morgan fingerprint density at radius 1 is 0.439 bits per heavy atom. The Kier molecular flexibility index (Phi) is 76.6.